The van der Waals surface area contributed by atoms with E-state index in [1.165, 1.54) is 11.8 Å². The van der Waals surface area contributed by atoms with E-state index in [4.69, 9.17) is 4.74 Å². The fourth-order valence-electron chi connectivity index (χ4n) is 3.26. The van der Waals surface area contributed by atoms with E-state index in [1.807, 2.05) is 62.4 Å². The Hall–Kier alpha value is -2.44. The molecule has 4 nitrogen and oxygen atoms in total. The Morgan fingerprint density at radius 3 is 2.48 bits per heavy atom. The minimum absolute atomic E-state index is 0.223. The van der Waals surface area contributed by atoms with Crippen molar-refractivity contribution in [1.82, 2.24) is 0 Å². The zero-order chi connectivity index (χ0) is 20.5. The molecule has 0 saturated heterocycles. The highest BCUT2D eigenvalue weighted by Gasteiger charge is 2.28. The number of hydrogen-bond acceptors (Lipinski definition) is 4. The summed E-state index contributed by atoms with van der Waals surface area (Å²) in [6.45, 7) is 4.09. The third-order valence-electron chi connectivity index (χ3n) is 4.83. The SMILES string of the molecule is CC1(C)CCc2cc(S(=O)(=O)Nc3ccccc3Sc3ccccc3)ccc2O1. The first-order chi connectivity index (χ1) is 13.8. The van der Waals surface area contributed by atoms with E-state index in [0.29, 0.717) is 5.69 Å². The Kier molecular flexibility index (Phi) is 5.32. The zero-order valence-electron chi connectivity index (χ0n) is 16.4. The van der Waals surface area contributed by atoms with Crippen LogP contribution in [-0.2, 0) is 16.4 Å². The summed E-state index contributed by atoms with van der Waals surface area (Å²) in [5.74, 6) is 0.764. The summed E-state index contributed by atoms with van der Waals surface area (Å²) >= 11 is 1.53. The Morgan fingerprint density at radius 1 is 0.966 bits per heavy atom. The van der Waals surface area contributed by atoms with E-state index in [9.17, 15) is 8.42 Å². The molecule has 1 N–H and O–H groups in total. The Morgan fingerprint density at radius 2 is 1.69 bits per heavy atom. The number of hydrogen-bond donors (Lipinski definition) is 1. The van der Waals surface area contributed by atoms with Gasteiger partial charge in [0.25, 0.3) is 10.0 Å². The second-order valence-electron chi connectivity index (χ2n) is 7.65. The van der Waals surface area contributed by atoms with Gasteiger partial charge in [0.15, 0.2) is 0 Å². The number of nitrogens with one attached hydrogen (secondary N) is 1. The first kappa shape index (κ1) is 19.9. The molecule has 0 spiro atoms. The van der Waals surface area contributed by atoms with E-state index in [0.717, 1.165) is 33.9 Å². The summed E-state index contributed by atoms with van der Waals surface area (Å²) in [6, 6.07) is 22.4. The molecule has 0 amide bonds. The topological polar surface area (TPSA) is 55.4 Å². The molecule has 6 heteroatoms. The molecule has 0 bridgehead atoms. The Labute approximate surface area is 176 Å². The fraction of sp³-hybridized carbons (Fsp3) is 0.217. The van der Waals surface area contributed by atoms with Crippen LogP contribution in [0.25, 0.3) is 0 Å². The van der Waals surface area contributed by atoms with Crippen LogP contribution in [0.1, 0.15) is 25.8 Å². The van der Waals surface area contributed by atoms with Gasteiger partial charge in [-0.25, -0.2) is 8.42 Å². The van der Waals surface area contributed by atoms with E-state index < -0.39 is 10.0 Å². The summed E-state index contributed by atoms with van der Waals surface area (Å²) in [7, 11) is -3.71. The molecule has 3 aromatic carbocycles. The lowest BCUT2D eigenvalue weighted by atomic mass is 9.94. The van der Waals surface area contributed by atoms with Crippen LogP contribution in [0.2, 0.25) is 0 Å². The lowest BCUT2D eigenvalue weighted by Crippen LogP contribution is -2.32. The highest BCUT2D eigenvalue weighted by Crippen LogP contribution is 2.36. The monoisotopic (exact) mass is 425 g/mol. The number of fused-ring (bicyclic) bond motifs is 1. The molecule has 0 aliphatic carbocycles. The quantitative estimate of drug-likeness (QED) is 0.566. The summed E-state index contributed by atoms with van der Waals surface area (Å²) in [4.78, 5) is 2.15. The summed E-state index contributed by atoms with van der Waals surface area (Å²) in [6.07, 6.45) is 1.65. The molecule has 29 heavy (non-hydrogen) atoms. The van der Waals surface area contributed by atoms with Crippen LogP contribution < -0.4 is 9.46 Å². The molecule has 0 radical (unpaired) electrons. The highest BCUT2D eigenvalue weighted by atomic mass is 32.2. The predicted octanol–water partition coefficient (Wildman–Crippen LogP) is 5.74. The minimum Gasteiger partial charge on any atom is -0.488 e. The number of anilines is 1. The summed E-state index contributed by atoms with van der Waals surface area (Å²) in [5, 5.41) is 0. The van der Waals surface area contributed by atoms with Crippen molar-refractivity contribution >= 4 is 27.5 Å². The van der Waals surface area contributed by atoms with Crippen LogP contribution in [0.5, 0.6) is 5.75 Å². The van der Waals surface area contributed by atoms with Crippen molar-refractivity contribution in [3.8, 4) is 5.75 Å². The molecule has 1 aliphatic rings. The molecule has 1 heterocycles. The highest BCUT2D eigenvalue weighted by molar-refractivity contribution is 7.99. The van der Waals surface area contributed by atoms with E-state index in [-0.39, 0.29) is 10.5 Å². The van der Waals surface area contributed by atoms with Crippen molar-refractivity contribution in [3.05, 3.63) is 78.4 Å². The lowest BCUT2D eigenvalue weighted by Gasteiger charge is -2.32. The van der Waals surface area contributed by atoms with Gasteiger partial charge in [0, 0.05) is 9.79 Å². The normalized spacial score (nSPS) is 15.2. The third kappa shape index (κ3) is 4.60. The van der Waals surface area contributed by atoms with Crippen LogP contribution in [0.4, 0.5) is 5.69 Å². The van der Waals surface area contributed by atoms with E-state index >= 15 is 0 Å². The number of ether oxygens (including phenoxy) is 1. The summed E-state index contributed by atoms with van der Waals surface area (Å²) in [5.41, 5.74) is 1.27. The first-order valence-corrected chi connectivity index (χ1v) is 11.8. The maximum atomic E-state index is 13.1. The van der Waals surface area contributed by atoms with Gasteiger partial charge in [-0.15, -0.1) is 0 Å². The summed E-state index contributed by atoms with van der Waals surface area (Å²) < 4.78 is 34.8. The van der Waals surface area contributed by atoms with Crippen LogP contribution >= 0.6 is 11.8 Å². The fourth-order valence-corrected chi connectivity index (χ4v) is 5.38. The second kappa shape index (κ2) is 7.76. The van der Waals surface area contributed by atoms with Gasteiger partial charge in [0.05, 0.1) is 10.6 Å². The molecule has 3 aromatic rings. The van der Waals surface area contributed by atoms with E-state index in [2.05, 4.69) is 4.72 Å². The molecular formula is C23H23NO3S2. The Bertz CT molecular complexity index is 1130. The Balaban J connectivity index is 1.60. The number of rotatable bonds is 5. The van der Waals surface area contributed by atoms with Gasteiger partial charge in [-0.1, -0.05) is 42.1 Å². The van der Waals surface area contributed by atoms with Gasteiger partial charge in [0.1, 0.15) is 11.4 Å². The molecule has 0 atom stereocenters. The number of sulfonamides is 1. The lowest BCUT2D eigenvalue weighted by molar-refractivity contribution is 0.0845. The van der Waals surface area contributed by atoms with Gasteiger partial charge in [-0.05, 0) is 74.7 Å². The number of benzene rings is 3. The van der Waals surface area contributed by atoms with Gasteiger partial charge < -0.3 is 4.74 Å². The van der Waals surface area contributed by atoms with Crippen LogP contribution in [-0.4, -0.2) is 14.0 Å². The van der Waals surface area contributed by atoms with Crippen LogP contribution in [0.3, 0.4) is 0 Å². The standard InChI is InChI=1S/C23H23NO3S2/c1-23(2)15-14-17-16-19(12-13-21(17)27-23)29(25,26)24-20-10-6-7-11-22(20)28-18-8-4-3-5-9-18/h3-13,16,24H,14-15H2,1-2H3. The van der Waals surface area contributed by atoms with Crippen molar-refractivity contribution in [2.75, 3.05) is 4.72 Å². The van der Waals surface area contributed by atoms with Crippen molar-refractivity contribution in [2.24, 2.45) is 0 Å². The van der Waals surface area contributed by atoms with E-state index in [1.54, 1.807) is 24.3 Å². The third-order valence-corrected chi connectivity index (χ3v) is 7.27. The smallest absolute Gasteiger partial charge is 0.261 e. The molecule has 0 unspecified atom stereocenters. The average molecular weight is 426 g/mol. The maximum Gasteiger partial charge on any atom is 0.261 e. The molecule has 150 valence electrons. The number of para-hydroxylation sites is 1. The van der Waals surface area contributed by atoms with Crippen molar-refractivity contribution < 1.29 is 13.2 Å². The maximum absolute atomic E-state index is 13.1. The first-order valence-electron chi connectivity index (χ1n) is 9.49. The average Bonchev–Trinajstić information content (AvgIpc) is 2.69. The molecule has 0 fully saturated rings. The van der Waals surface area contributed by atoms with Gasteiger partial charge in [-0.3, -0.25) is 4.72 Å². The van der Waals surface area contributed by atoms with Crippen LogP contribution in [0.15, 0.2) is 87.5 Å². The molecular weight excluding hydrogens is 402 g/mol. The van der Waals surface area contributed by atoms with Gasteiger partial charge in [-0.2, -0.15) is 0 Å². The predicted molar refractivity (Wildman–Crippen MR) is 117 cm³/mol. The molecule has 1 aliphatic heterocycles. The van der Waals surface area contributed by atoms with Gasteiger partial charge in [0.2, 0.25) is 0 Å². The molecule has 4 rings (SSSR count). The number of aryl methyl sites for hydroxylation is 1. The van der Waals surface area contributed by atoms with Gasteiger partial charge >= 0.3 is 0 Å². The zero-order valence-corrected chi connectivity index (χ0v) is 18.0. The second-order valence-corrected chi connectivity index (χ2v) is 10.4. The largest absolute Gasteiger partial charge is 0.488 e. The van der Waals surface area contributed by atoms with Crippen molar-refractivity contribution in [1.29, 1.82) is 0 Å². The van der Waals surface area contributed by atoms with Crippen molar-refractivity contribution in [3.63, 3.8) is 0 Å². The minimum atomic E-state index is -3.71. The molecule has 0 saturated carbocycles. The molecule has 0 aromatic heterocycles. The van der Waals surface area contributed by atoms with Crippen LogP contribution in [0, 0.1) is 0 Å². The van der Waals surface area contributed by atoms with Crippen molar-refractivity contribution in [2.45, 2.75) is 47.0 Å².